The van der Waals surface area contributed by atoms with E-state index in [1.54, 1.807) is 18.9 Å². The maximum atomic E-state index is 5.93. The minimum atomic E-state index is 0.330. The van der Waals surface area contributed by atoms with E-state index in [9.17, 15) is 0 Å². The van der Waals surface area contributed by atoms with Gasteiger partial charge in [0.05, 0.1) is 24.5 Å². The van der Waals surface area contributed by atoms with Crippen molar-refractivity contribution in [2.75, 3.05) is 27.3 Å². The van der Waals surface area contributed by atoms with Gasteiger partial charge in [0.1, 0.15) is 0 Å². The molecule has 0 amide bonds. The van der Waals surface area contributed by atoms with Crippen molar-refractivity contribution in [2.45, 2.75) is 38.5 Å². The highest BCUT2D eigenvalue weighted by Gasteiger charge is 2.29. The van der Waals surface area contributed by atoms with E-state index in [1.165, 1.54) is 0 Å². The zero-order valence-corrected chi connectivity index (χ0v) is 12.9. The lowest BCUT2D eigenvalue weighted by Crippen LogP contribution is -2.48. The summed E-state index contributed by atoms with van der Waals surface area (Å²) in [6, 6.07) is 0.359. The van der Waals surface area contributed by atoms with Crippen molar-refractivity contribution < 1.29 is 9.47 Å². The molecule has 1 aromatic rings. The van der Waals surface area contributed by atoms with Gasteiger partial charge in [-0.05, 0) is 19.8 Å². The van der Waals surface area contributed by atoms with Gasteiger partial charge in [0.25, 0.3) is 0 Å². The number of aryl methyl sites for hydroxylation is 2. The largest absolute Gasteiger partial charge is 0.481 e. The first kappa shape index (κ1) is 15.3. The van der Waals surface area contributed by atoms with E-state index < -0.39 is 0 Å². The molecule has 20 heavy (non-hydrogen) atoms. The molecule has 0 saturated carbocycles. The molecule has 1 fully saturated rings. The van der Waals surface area contributed by atoms with Crippen LogP contribution in [0.4, 0.5) is 0 Å². The fourth-order valence-corrected chi connectivity index (χ4v) is 3.05. The molecule has 6 heteroatoms. The molecule has 114 valence electrons. The predicted molar refractivity (Wildman–Crippen MR) is 77.8 cm³/mol. The normalized spacial score (nSPS) is 24.1. The van der Waals surface area contributed by atoms with Gasteiger partial charge in [-0.25, -0.2) is 4.68 Å². The van der Waals surface area contributed by atoms with Crippen molar-refractivity contribution in [2.24, 2.45) is 12.8 Å². The third-order valence-corrected chi connectivity index (χ3v) is 4.24. The monoisotopic (exact) mass is 282 g/mol. The van der Waals surface area contributed by atoms with Crippen LogP contribution in [0.1, 0.15) is 24.1 Å². The highest BCUT2D eigenvalue weighted by atomic mass is 16.5. The zero-order valence-electron chi connectivity index (χ0n) is 12.9. The summed E-state index contributed by atoms with van der Waals surface area (Å²) in [5.74, 6) is 0.840. The lowest BCUT2D eigenvalue weighted by atomic mass is 9.98. The molecule has 1 aliphatic rings. The van der Waals surface area contributed by atoms with Gasteiger partial charge in [-0.1, -0.05) is 0 Å². The number of hydrogen-bond donors (Lipinski definition) is 1. The summed E-state index contributed by atoms with van der Waals surface area (Å²) >= 11 is 0. The van der Waals surface area contributed by atoms with Gasteiger partial charge < -0.3 is 15.2 Å². The summed E-state index contributed by atoms with van der Waals surface area (Å²) in [4.78, 5) is 2.42. The molecular formula is C14H26N4O2. The number of likely N-dealkylation sites (tertiary alicyclic amines) is 1. The molecule has 0 bridgehead atoms. The summed E-state index contributed by atoms with van der Waals surface area (Å²) < 4.78 is 12.7. The number of aromatic nitrogens is 2. The first-order valence-electron chi connectivity index (χ1n) is 7.14. The van der Waals surface area contributed by atoms with E-state index in [4.69, 9.17) is 15.2 Å². The highest BCUT2D eigenvalue weighted by molar-refractivity contribution is 5.31. The van der Waals surface area contributed by atoms with Crippen LogP contribution in [-0.4, -0.2) is 54.1 Å². The lowest BCUT2D eigenvalue weighted by molar-refractivity contribution is 0.00992. The third-order valence-electron chi connectivity index (χ3n) is 4.24. The molecular weight excluding hydrogens is 256 g/mol. The second-order valence-electron chi connectivity index (χ2n) is 5.44. The van der Waals surface area contributed by atoms with Crippen LogP contribution in [0.15, 0.2) is 0 Å². The van der Waals surface area contributed by atoms with Gasteiger partial charge >= 0.3 is 0 Å². The maximum absolute atomic E-state index is 5.93. The Hall–Kier alpha value is -1.11. The Morgan fingerprint density at radius 3 is 2.75 bits per heavy atom. The van der Waals surface area contributed by atoms with Crippen molar-refractivity contribution in [3.8, 4) is 5.88 Å². The number of methoxy groups -OCH3 is 2. The molecule has 2 N–H and O–H groups in total. The van der Waals surface area contributed by atoms with Crippen molar-refractivity contribution >= 4 is 0 Å². The second kappa shape index (κ2) is 6.56. The lowest BCUT2D eigenvalue weighted by Gasteiger charge is -2.38. The maximum Gasteiger partial charge on any atom is 0.216 e. The fourth-order valence-electron chi connectivity index (χ4n) is 3.05. The third kappa shape index (κ3) is 2.97. The quantitative estimate of drug-likeness (QED) is 0.860. The average Bonchev–Trinajstić information content (AvgIpc) is 2.73. The van der Waals surface area contributed by atoms with Gasteiger partial charge in [-0.3, -0.25) is 4.90 Å². The van der Waals surface area contributed by atoms with Crippen molar-refractivity contribution in [1.82, 2.24) is 14.7 Å². The number of piperidine rings is 1. The van der Waals surface area contributed by atoms with E-state index in [2.05, 4.69) is 10.00 Å². The van der Waals surface area contributed by atoms with E-state index in [-0.39, 0.29) is 0 Å². The van der Waals surface area contributed by atoms with E-state index in [0.717, 1.165) is 43.1 Å². The first-order chi connectivity index (χ1) is 9.60. The summed E-state index contributed by atoms with van der Waals surface area (Å²) in [7, 11) is 5.38. The van der Waals surface area contributed by atoms with E-state index >= 15 is 0 Å². The molecule has 2 atom stereocenters. The Balaban J connectivity index is 2.13. The number of hydrogen-bond acceptors (Lipinski definition) is 5. The Kier molecular flexibility index (Phi) is 5.01. The second-order valence-corrected chi connectivity index (χ2v) is 5.44. The van der Waals surface area contributed by atoms with E-state index in [1.807, 2.05) is 14.0 Å². The van der Waals surface area contributed by atoms with Gasteiger partial charge in [-0.15, -0.1) is 0 Å². The van der Waals surface area contributed by atoms with Crippen LogP contribution in [0.2, 0.25) is 0 Å². The molecule has 1 aromatic heterocycles. The summed E-state index contributed by atoms with van der Waals surface area (Å²) in [6.07, 6.45) is 2.38. The molecule has 6 nitrogen and oxygen atoms in total. The van der Waals surface area contributed by atoms with Crippen molar-refractivity contribution in [1.29, 1.82) is 0 Å². The van der Waals surface area contributed by atoms with Gasteiger partial charge in [0.2, 0.25) is 5.88 Å². The van der Waals surface area contributed by atoms with Crippen molar-refractivity contribution in [3.05, 3.63) is 11.3 Å². The fraction of sp³-hybridized carbons (Fsp3) is 0.786. The topological polar surface area (TPSA) is 65.5 Å². The van der Waals surface area contributed by atoms with Gasteiger partial charge in [0.15, 0.2) is 0 Å². The summed E-state index contributed by atoms with van der Waals surface area (Å²) in [5.41, 5.74) is 8.11. The first-order valence-corrected chi connectivity index (χ1v) is 7.14. The summed E-state index contributed by atoms with van der Waals surface area (Å²) in [5, 5.41) is 4.44. The Bertz CT molecular complexity index is 447. The molecule has 0 aliphatic carbocycles. The highest BCUT2D eigenvalue weighted by Crippen LogP contribution is 2.27. The molecule has 1 aliphatic heterocycles. The Morgan fingerprint density at radius 1 is 1.40 bits per heavy atom. The SMILES string of the molecule is COc1c(CN2CCC(OC)CC2CN)c(C)nn1C. The number of nitrogens with two attached hydrogens (primary N) is 1. The molecule has 0 aromatic carbocycles. The van der Waals surface area contributed by atoms with Crippen molar-refractivity contribution in [3.63, 3.8) is 0 Å². The number of ether oxygens (including phenoxy) is 2. The Morgan fingerprint density at radius 2 is 2.15 bits per heavy atom. The van der Waals surface area contributed by atoms with Crippen LogP contribution in [0.25, 0.3) is 0 Å². The molecule has 2 rings (SSSR count). The van der Waals surface area contributed by atoms with Crippen LogP contribution < -0.4 is 10.5 Å². The zero-order chi connectivity index (χ0) is 14.7. The predicted octanol–water partition coefficient (Wildman–Crippen LogP) is 0.675. The molecule has 1 saturated heterocycles. The van der Waals surface area contributed by atoms with Crippen LogP contribution in [-0.2, 0) is 18.3 Å². The minimum Gasteiger partial charge on any atom is -0.481 e. The van der Waals surface area contributed by atoms with Crippen LogP contribution in [0.3, 0.4) is 0 Å². The number of rotatable bonds is 5. The molecule has 0 spiro atoms. The molecule has 2 heterocycles. The minimum absolute atomic E-state index is 0.330. The number of nitrogens with zero attached hydrogens (tertiary/aromatic N) is 3. The summed E-state index contributed by atoms with van der Waals surface area (Å²) in [6.45, 7) is 4.51. The average molecular weight is 282 g/mol. The van der Waals surface area contributed by atoms with Crippen LogP contribution in [0, 0.1) is 6.92 Å². The standard InChI is InChI=1S/C14H26N4O2/c1-10-13(14(20-4)17(2)16-10)9-18-6-5-12(19-3)7-11(18)8-15/h11-12H,5-9,15H2,1-4H3. The Labute approximate surface area is 120 Å². The van der Waals surface area contributed by atoms with Gasteiger partial charge in [0, 0.05) is 39.8 Å². The smallest absolute Gasteiger partial charge is 0.216 e. The van der Waals surface area contributed by atoms with Gasteiger partial charge in [-0.2, -0.15) is 5.10 Å². The van der Waals surface area contributed by atoms with Crippen LogP contribution in [0.5, 0.6) is 5.88 Å². The molecule has 0 radical (unpaired) electrons. The van der Waals surface area contributed by atoms with Crippen LogP contribution >= 0.6 is 0 Å². The molecule has 2 unspecified atom stereocenters. The van der Waals surface area contributed by atoms with E-state index in [0.29, 0.717) is 18.7 Å².